The second kappa shape index (κ2) is 5.17. The summed E-state index contributed by atoms with van der Waals surface area (Å²) in [5, 5.41) is 1.24. The number of carbonyl (C=O) groups excluding carboxylic acids is 1. The molecule has 0 saturated heterocycles. The van der Waals surface area contributed by atoms with E-state index in [-0.39, 0.29) is 10.6 Å². The fraction of sp³-hybridized carbons (Fsp3) is 0.0625. The zero-order valence-corrected chi connectivity index (χ0v) is 12.5. The van der Waals surface area contributed by atoms with Crippen molar-refractivity contribution in [1.29, 1.82) is 0 Å². The SMILES string of the molecule is Cn1cc(C(=O)c2cccc(Cl)c2F)c2ccc(Cl)cc21. The first-order chi connectivity index (χ1) is 9.99. The average Bonchev–Trinajstić information content (AvgIpc) is 2.78. The molecule has 2 nitrogen and oxygen atoms in total. The molecule has 3 rings (SSSR count). The molecule has 0 saturated carbocycles. The molecular weight excluding hydrogens is 312 g/mol. The number of benzene rings is 2. The molecule has 0 aliphatic carbocycles. The van der Waals surface area contributed by atoms with E-state index in [9.17, 15) is 9.18 Å². The van der Waals surface area contributed by atoms with Crippen molar-refractivity contribution in [3.8, 4) is 0 Å². The second-order valence-corrected chi connectivity index (χ2v) is 5.59. The minimum absolute atomic E-state index is 0.0371. The van der Waals surface area contributed by atoms with Crippen molar-refractivity contribution in [2.75, 3.05) is 0 Å². The number of halogens is 3. The normalized spacial score (nSPS) is 11.0. The summed E-state index contributed by atoms with van der Waals surface area (Å²) in [4.78, 5) is 12.6. The minimum Gasteiger partial charge on any atom is -0.350 e. The van der Waals surface area contributed by atoms with Crippen molar-refractivity contribution in [1.82, 2.24) is 4.57 Å². The number of carbonyl (C=O) groups is 1. The Kier molecular flexibility index (Phi) is 3.47. The van der Waals surface area contributed by atoms with Crippen LogP contribution in [0.15, 0.2) is 42.6 Å². The molecule has 106 valence electrons. The first-order valence-electron chi connectivity index (χ1n) is 6.22. The van der Waals surface area contributed by atoms with E-state index in [0.717, 1.165) is 10.9 Å². The predicted molar refractivity (Wildman–Crippen MR) is 82.8 cm³/mol. The molecule has 2 aromatic carbocycles. The standard InChI is InChI=1S/C16H10Cl2FNO/c1-20-8-12(10-6-5-9(17)7-14(10)20)16(21)11-3-2-4-13(18)15(11)19/h2-8H,1H3. The number of aromatic nitrogens is 1. The van der Waals surface area contributed by atoms with Crippen LogP contribution in [-0.2, 0) is 7.05 Å². The van der Waals surface area contributed by atoms with Gasteiger partial charge in [-0.1, -0.05) is 35.3 Å². The quantitative estimate of drug-likeness (QED) is 0.618. The van der Waals surface area contributed by atoms with Crippen LogP contribution in [0.1, 0.15) is 15.9 Å². The Bertz CT molecular complexity index is 870. The van der Waals surface area contributed by atoms with Gasteiger partial charge in [0.1, 0.15) is 0 Å². The van der Waals surface area contributed by atoms with Crippen molar-refractivity contribution in [2.45, 2.75) is 0 Å². The molecule has 0 aliphatic heterocycles. The first kappa shape index (κ1) is 14.1. The highest BCUT2D eigenvalue weighted by Gasteiger charge is 2.20. The van der Waals surface area contributed by atoms with E-state index < -0.39 is 11.6 Å². The summed E-state index contributed by atoms with van der Waals surface area (Å²) in [5.74, 6) is -1.10. The van der Waals surface area contributed by atoms with Gasteiger partial charge in [0.2, 0.25) is 0 Å². The van der Waals surface area contributed by atoms with Crippen LogP contribution in [0.2, 0.25) is 10.0 Å². The van der Waals surface area contributed by atoms with Crippen molar-refractivity contribution in [3.05, 3.63) is 69.6 Å². The van der Waals surface area contributed by atoms with Gasteiger partial charge in [-0.3, -0.25) is 4.79 Å². The zero-order valence-electron chi connectivity index (χ0n) is 11.0. The van der Waals surface area contributed by atoms with Crippen LogP contribution in [0.4, 0.5) is 4.39 Å². The highest BCUT2D eigenvalue weighted by atomic mass is 35.5. The molecule has 5 heteroatoms. The minimum atomic E-state index is -0.699. The summed E-state index contributed by atoms with van der Waals surface area (Å²) >= 11 is 11.7. The summed E-state index contributed by atoms with van der Waals surface area (Å²) < 4.78 is 15.8. The monoisotopic (exact) mass is 321 g/mol. The Labute approximate surface area is 130 Å². The largest absolute Gasteiger partial charge is 0.350 e. The summed E-state index contributed by atoms with van der Waals surface area (Å²) in [6.45, 7) is 0. The number of fused-ring (bicyclic) bond motifs is 1. The van der Waals surface area contributed by atoms with Crippen LogP contribution < -0.4 is 0 Å². The topological polar surface area (TPSA) is 22.0 Å². The van der Waals surface area contributed by atoms with Crippen LogP contribution in [0.3, 0.4) is 0 Å². The molecular formula is C16H10Cl2FNO. The molecule has 1 aromatic heterocycles. The summed E-state index contributed by atoms with van der Waals surface area (Å²) in [6.07, 6.45) is 1.67. The fourth-order valence-corrected chi connectivity index (χ4v) is 2.70. The van der Waals surface area contributed by atoms with Crippen LogP contribution in [0.5, 0.6) is 0 Å². The molecule has 21 heavy (non-hydrogen) atoms. The van der Waals surface area contributed by atoms with Crippen molar-refractivity contribution in [3.63, 3.8) is 0 Å². The fourth-order valence-electron chi connectivity index (χ4n) is 2.36. The zero-order chi connectivity index (χ0) is 15.1. The molecule has 0 atom stereocenters. The Morgan fingerprint density at radius 2 is 1.90 bits per heavy atom. The summed E-state index contributed by atoms with van der Waals surface area (Å²) in [7, 11) is 1.81. The van der Waals surface area contributed by atoms with E-state index in [1.54, 1.807) is 35.0 Å². The third-order valence-electron chi connectivity index (χ3n) is 3.39. The van der Waals surface area contributed by atoms with Gasteiger partial charge in [0, 0.05) is 34.7 Å². The third kappa shape index (κ3) is 2.33. The van der Waals surface area contributed by atoms with E-state index in [1.807, 2.05) is 7.05 Å². The number of ketones is 1. The predicted octanol–water partition coefficient (Wildman–Crippen LogP) is 4.86. The molecule has 0 aliphatic rings. The van der Waals surface area contributed by atoms with Crippen molar-refractivity contribution >= 4 is 39.9 Å². The van der Waals surface area contributed by atoms with Gasteiger partial charge in [-0.25, -0.2) is 4.39 Å². The highest BCUT2D eigenvalue weighted by molar-refractivity contribution is 6.32. The lowest BCUT2D eigenvalue weighted by molar-refractivity contribution is 0.103. The van der Waals surface area contributed by atoms with Gasteiger partial charge in [0.05, 0.1) is 10.6 Å². The molecule has 0 amide bonds. The number of nitrogens with zero attached hydrogens (tertiary/aromatic N) is 1. The molecule has 0 N–H and O–H groups in total. The summed E-state index contributed by atoms with van der Waals surface area (Å²) in [5.41, 5.74) is 1.20. The Morgan fingerprint density at radius 1 is 1.14 bits per heavy atom. The van der Waals surface area contributed by atoms with E-state index in [2.05, 4.69) is 0 Å². The van der Waals surface area contributed by atoms with Crippen LogP contribution in [-0.4, -0.2) is 10.4 Å². The van der Waals surface area contributed by atoms with Crippen LogP contribution in [0, 0.1) is 5.82 Å². The van der Waals surface area contributed by atoms with Crippen molar-refractivity contribution < 1.29 is 9.18 Å². The maximum atomic E-state index is 14.0. The lowest BCUT2D eigenvalue weighted by Gasteiger charge is -2.03. The Morgan fingerprint density at radius 3 is 2.67 bits per heavy atom. The maximum absolute atomic E-state index is 14.0. The van der Waals surface area contributed by atoms with E-state index >= 15 is 0 Å². The number of hydrogen-bond donors (Lipinski definition) is 0. The van der Waals surface area contributed by atoms with Crippen molar-refractivity contribution in [2.24, 2.45) is 7.05 Å². The van der Waals surface area contributed by atoms with Gasteiger partial charge in [-0.2, -0.15) is 0 Å². The lowest BCUT2D eigenvalue weighted by Crippen LogP contribution is -2.04. The van der Waals surface area contributed by atoms with E-state index in [4.69, 9.17) is 23.2 Å². The average molecular weight is 322 g/mol. The van der Waals surface area contributed by atoms with Crippen LogP contribution in [0.25, 0.3) is 10.9 Å². The lowest BCUT2D eigenvalue weighted by atomic mass is 10.0. The van der Waals surface area contributed by atoms with Gasteiger partial charge < -0.3 is 4.57 Å². The number of hydrogen-bond acceptors (Lipinski definition) is 1. The van der Waals surface area contributed by atoms with Crippen LogP contribution >= 0.6 is 23.2 Å². The van der Waals surface area contributed by atoms with Gasteiger partial charge in [-0.15, -0.1) is 0 Å². The molecule has 0 radical (unpaired) electrons. The van der Waals surface area contributed by atoms with Gasteiger partial charge >= 0.3 is 0 Å². The maximum Gasteiger partial charge on any atom is 0.198 e. The first-order valence-corrected chi connectivity index (χ1v) is 6.98. The molecule has 1 heterocycles. The smallest absolute Gasteiger partial charge is 0.198 e. The molecule has 0 spiro atoms. The summed E-state index contributed by atoms with van der Waals surface area (Å²) in [6, 6.07) is 9.62. The third-order valence-corrected chi connectivity index (χ3v) is 3.92. The number of rotatable bonds is 2. The number of aryl methyl sites for hydroxylation is 1. The van der Waals surface area contributed by atoms with E-state index in [0.29, 0.717) is 10.6 Å². The Hall–Kier alpha value is -1.84. The molecule has 0 bridgehead atoms. The van der Waals surface area contributed by atoms with Gasteiger partial charge in [0.25, 0.3) is 0 Å². The van der Waals surface area contributed by atoms with Gasteiger partial charge in [-0.05, 0) is 24.3 Å². The van der Waals surface area contributed by atoms with E-state index in [1.165, 1.54) is 12.1 Å². The molecule has 3 aromatic rings. The van der Waals surface area contributed by atoms with Gasteiger partial charge in [0.15, 0.2) is 11.6 Å². The second-order valence-electron chi connectivity index (χ2n) is 4.75. The molecule has 0 unspecified atom stereocenters. The highest BCUT2D eigenvalue weighted by Crippen LogP contribution is 2.28. The molecule has 0 fully saturated rings. The Balaban J connectivity index is 2.21.